The SMILES string of the molecule is COC(=O)/C=C/c1cc(O)c2c(c1)[C@@H](C(=O)OC)C(c1ccc(O)c(O)c1)O2. The van der Waals surface area contributed by atoms with Gasteiger partial charge in [0.05, 0.1) is 14.2 Å². The molecule has 2 atom stereocenters. The Bertz CT molecular complexity index is 963. The van der Waals surface area contributed by atoms with Crippen LogP contribution in [-0.2, 0) is 19.1 Å². The van der Waals surface area contributed by atoms with Crippen LogP contribution in [0.15, 0.2) is 36.4 Å². The van der Waals surface area contributed by atoms with Crippen molar-refractivity contribution in [2.75, 3.05) is 14.2 Å². The van der Waals surface area contributed by atoms with Gasteiger partial charge in [-0.05, 0) is 41.5 Å². The lowest BCUT2D eigenvalue weighted by molar-refractivity contribution is -0.144. The first-order valence-corrected chi connectivity index (χ1v) is 8.25. The summed E-state index contributed by atoms with van der Waals surface area (Å²) in [6.07, 6.45) is 1.72. The van der Waals surface area contributed by atoms with Gasteiger partial charge in [0, 0.05) is 11.6 Å². The van der Waals surface area contributed by atoms with Crippen LogP contribution in [0.5, 0.6) is 23.0 Å². The number of esters is 2. The van der Waals surface area contributed by atoms with Crippen LogP contribution in [0.2, 0.25) is 0 Å². The van der Waals surface area contributed by atoms with Crippen LogP contribution >= 0.6 is 0 Å². The van der Waals surface area contributed by atoms with E-state index >= 15 is 0 Å². The van der Waals surface area contributed by atoms with Crippen molar-refractivity contribution in [3.63, 3.8) is 0 Å². The highest BCUT2D eigenvalue weighted by atomic mass is 16.5. The van der Waals surface area contributed by atoms with Gasteiger partial charge in [-0.2, -0.15) is 0 Å². The first kappa shape index (κ1) is 19.1. The van der Waals surface area contributed by atoms with E-state index in [0.29, 0.717) is 16.7 Å². The zero-order valence-electron chi connectivity index (χ0n) is 15.1. The fraction of sp³-hybridized carbons (Fsp3) is 0.200. The van der Waals surface area contributed by atoms with Gasteiger partial charge in [0.2, 0.25) is 0 Å². The third kappa shape index (κ3) is 3.44. The van der Waals surface area contributed by atoms with Crippen molar-refractivity contribution in [3.8, 4) is 23.0 Å². The third-order valence-electron chi connectivity index (χ3n) is 4.40. The van der Waals surface area contributed by atoms with Gasteiger partial charge in [-0.15, -0.1) is 0 Å². The largest absolute Gasteiger partial charge is 0.504 e. The number of benzene rings is 2. The number of fused-ring (bicyclic) bond motifs is 1. The zero-order valence-corrected chi connectivity index (χ0v) is 15.1. The second-order valence-electron chi connectivity index (χ2n) is 6.10. The van der Waals surface area contributed by atoms with Gasteiger partial charge in [0.15, 0.2) is 23.0 Å². The Morgan fingerprint density at radius 2 is 1.75 bits per heavy atom. The highest BCUT2D eigenvalue weighted by molar-refractivity contribution is 5.88. The van der Waals surface area contributed by atoms with Gasteiger partial charge in [-0.1, -0.05) is 6.07 Å². The van der Waals surface area contributed by atoms with E-state index in [1.54, 1.807) is 6.07 Å². The Kier molecular flexibility index (Phi) is 5.12. The molecule has 0 aliphatic carbocycles. The molecule has 0 saturated heterocycles. The second-order valence-corrected chi connectivity index (χ2v) is 6.10. The minimum Gasteiger partial charge on any atom is -0.504 e. The number of methoxy groups -OCH3 is 2. The maximum absolute atomic E-state index is 12.5. The predicted octanol–water partition coefficient (Wildman–Crippen LogP) is 2.38. The quantitative estimate of drug-likeness (QED) is 0.416. The Morgan fingerprint density at radius 1 is 1.00 bits per heavy atom. The van der Waals surface area contributed by atoms with E-state index in [-0.39, 0.29) is 23.0 Å². The minimum atomic E-state index is -0.929. The minimum absolute atomic E-state index is 0.100. The van der Waals surface area contributed by atoms with Crippen LogP contribution < -0.4 is 4.74 Å². The van der Waals surface area contributed by atoms with E-state index in [1.807, 2.05) is 0 Å². The van der Waals surface area contributed by atoms with Crippen molar-refractivity contribution in [2.45, 2.75) is 12.0 Å². The predicted molar refractivity (Wildman–Crippen MR) is 97.1 cm³/mol. The molecule has 0 radical (unpaired) electrons. The molecule has 1 aliphatic rings. The van der Waals surface area contributed by atoms with Crippen LogP contribution in [0.4, 0.5) is 0 Å². The van der Waals surface area contributed by atoms with Gasteiger partial charge in [0.1, 0.15) is 12.0 Å². The molecule has 8 nitrogen and oxygen atoms in total. The molecule has 0 fully saturated rings. The summed E-state index contributed by atoms with van der Waals surface area (Å²) >= 11 is 0. The molecule has 0 aromatic heterocycles. The van der Waals surface area contributed by atoms with E-state index in [2.05, 4.69) is 4.74 Å². The molecule has 0 bridgehead atoms. The topological polar surface area (TPSA) is 123 Å². The molecule has 146 valence electrons. The molecule has 1 heterocycles. The van der Waals surface area contributed by atoms with Gasteiger partial charge in [0.25, 0.3) is 0 Å². The van der Waals surface area contributed by atoms with Crippen molar-refractivity contribution < 1.29 is 39.1 Å². The van der Waals surface area contributed by atoms with Crippen molar-refractivity contribution >= 4 is 18.0 Å². The van der Waals surface area contributed by atoms with Crippen LogP contribution in [-0.4, -0.2) is 41.5 Å². The average molecular weight is 386 g/mol. The summed E-state index contributed by atoms with van der Waals surface area (Å²) in [7, 11) is 2.47. The number of hydrogen-bond acceptors (Lipinski definition) is 8. The van der Waals surface area contributed by atoms with Gasteiger partial charge in [-0.3, -0.25) is 4.79 Å². The molecular weight excluding hydrogens is 368 g/mol. The Hall–Kier alpha value is -3.68. The van der Waals surface area contributed by atoms with Crippen molar-refractivity contribution in [3.05, 3.63) is 53.1 Å². The first-order valence-electron chi connectivity index (χ1n) is 8.25. The summed E-state index contributed by atoms with van der Waals surface area (Å²) in [4.78, 5) is 23.8. The summed E-state index contributed by atoms with van der Waals surface area (Å²) < 4.78 is 15.2. The number of aromatic hydroxyl groups is 3. The normalized spacial score (nSPS) is 17.8. The molecule has 1 aliphatic heterocycles. The standard InChI is InChI=1S/C20H18O8/c1-26-16(24)6-3-10-7-12-17(20(25)27-2)18(28-19(12)15(23)8-10)11-4-5-13(21)14(22)9-11/h3-9,17-18,21-23H,1-2H3/b6-3+/t17-,18?/m1/s1. The van der Waals surface area contributed by atoms with E-state index < -0.39 is 24.0 Å². The van der Waals surface area contributed by atoms with Gasteiger partial charge < -0.3 is 29.5 Å². The maximum Gasteiger partial charge on any atom is 0.330 e. The smallest absolute Gasteiger partial charge is 0.330 e. The lowest BCUT2D eigenvalue weighted by Gasteiger charge is -2.18. The molecule has 28 heavy (non-hydrogen) atoms. The summed E-state index contributed by atoms with van der Waals surface area (Å²) in [5.74, 6) is -2.91. The van der Waals surface area contributed by atoms with Crippen LogP contribution in [0.3, 0.4) is 0 Å². The number of rotatable bonds is 4. The summed E-state index contributed by atoms with van der Waals surface area (Å²) in [6, 6.07) is 7.02. The molecule has 0 saturated carbocycles. The van der Waals surface area contributed by atoms with E-state index in [4.69, 9.17) is 9.47 Å². The lowest BCUT2D eigenvalue weighted by Crippen LogP contribution is -2.20. The Morgan fingerprint density at radius 3 is 2.39 bits per heavy atom. The van der Waals surface area contributed by atoms with Crippen molar-refractivity contribution in [1.82, 2.24) is 0 Å². The number of phenols is 3. The number of carbonyl (C=O) groups excluding carboxylic acids is 2. The van der Waals surface area contributed by atoms with Gasteiger partial charge in [-0.25, -0.2) is 4.79 Å². The van der Waals surface area contributed by atoms with E-state index in [1.165, 1.54) is 50.6 Å². The third-order valence-corrected chi connectivity index (χ3v) is 4.40. The highest BCUT2D eigenvalue weighted by Gasteiger charge is 2.43. The van der Waals surface area contributed by atoms with E-state index in [9.17, 15) is 24.9 Å². The molecule has 3 rings (SSSR count). The average Bonchev–Trinajstić information content (AvgIpc) is 3.07. The molecule has 3 N–H and O–H groups in total. The number of phenolic OH excluding ortho intramolecular Hbond substituents is 3. The molecule has 2 aromatic rings. The van der Waals surface area contributed by atoms with Crippen LogP contribution in [0.1, 0.15) is 28.7 Å². The fourth-order valence-electron chi connectivity index (χ4n) is 3.06. The fourth-order valence-corrected chi connectivity index (χ4v) is 3.06. The molecule has 8 heteroatoms. The molecule has 1 unspecified atom stereocenters. The lowest BCUT2D eigenvalue weighted by atomic mass is 9.90. The van der Waals surface area contributed by atoms with Crippen LogP contribution in [0, 0.1) is 0 Å². The second kappa shape index (κ2) is 7.51. The molecule has 0 spiro atoms. The Labute approximate surface area is 160 Å². The molecule has 2 aromatic carbocycles. The molecular formula is C20H18O8. The summed E-state index contributed by atoms with van der Waals surface area (Å²) in [5.41, 5.74) is 1.23. The van der Waals surface area contributed by atoms with Crippen LogP contribution in [0.25, 0.3) is 6.08 Å². The first-order chi connectivity index (χ1) is 13.3. The summed E-state index contributed by atoms with van der Waals surface area (Å²) in [6.45, 7) is 0. The maximum atomic E-state index is 12.5. The number of hydrogen-bond donors (Lipinski definition) is 3. The monoisotopic (exact) mass is 386 g/mol. The van der Waals surface area contributed by atoms with Crippen molar-refractivity contribution in [2.24, 2.45) is 0 Å². The number of ether oxygens (including phenoxy) is 3. The van der Waals surface area contributed by atoms with Gasteiger partial charge >= 0.3 is 11.9 Å². The Balaban J connectivity index is 2.07. The van der Waals surface area contributed by atoms with E-state index in [0.717, 1.165) is 0 Å². The zero-order chi connectivity index (χ0) is 20.4. The molecule has 0 amide bonds. The summed E-state index contributed by atoms with van der Waals surface area (Å²) in [5, 5.41) is 29.7. The highest BCUT2D eigenvalue weighted by Crippen LogP contribution is 2.51. The van der Waals surface area contributed by atoms with Crippen molar-refractivity contribution in [1.29, 1.82) is 0 Å². The number of carbonyl (C=O) groups is 2.